The summed E-state index contributed by atoms with van der Waals surface area (Å²) in [7, 11) is 0. The number of nitrogens with one attached hydrogen (secondary N) is 1. The molecule has 0 aliphatic carbocycles. The third-order valence-corrected chi connectivity index (χ3v) is 4.13. The summed E-state index contributed by atoms with van der Waals surface area (Å²) >= 11 is 9.39. The highest BCUT2D eigenvalue weighted by atomic mass is 79.9. The molecule has 2 nitrogen and oxygen atoms in total. The topological polar surface area (TPSA) is 29.1 Å². The van der Waals surface area contributed by atoms with Gasteiger partial charge in [0.1, 0.15) is 0 Å². The summed E-state index contributed by atoms with van der Waals surface area (Å²) in [6.07, 6.45) is 0. The van der Waals surface area contributed by atoms with Crippen molar-refractivity contribution in [2.24, 2.45) is 0 Å². The van der Waals surface area contributed by atoms with Crippen LogP contribution in [0.25, 0.3) is 0 Å². The normalized spacial score (nSPS) is 10.3. The van der Waals surface area contributed by atoms with E-state index in [0.29, 0.717) is 10.6 Å². The molecule has 0 unspecified atom stereocenters. The molecule has 2 rings (SSSR count). The van der Waals surface area contributed by atoms with Gasteiger partial charge in [0.05, 0.1) is 0 Å². The number of carbonyl (C=O) groups is 1. The second kappa shape index (κ2) is 5.76. The zero-order chi connectivity index (χ0) is 14.0. The van der Waals surface area contributed by atoms with Crippen molar-refractivity contribution in [1.29, 1.82) is 0 Å². The van der Waals surface area contributed by atoms with Crippen LogP contribution in [0, 0.1) is 13.8 Å². The highest BCUT2D eigenvalue weighted by Gasteiger charge is 2.08. The molecule has 2 aromatic rings. The summed E-state index contributed by atoms with van der Waals surface area (Å²) in [5, 5.41) is 3.52. The van der Waals surface area contributed by atoms with Crippen molar-refractivity contribution in [3.05, 3.63) is 62.6 Å². The van der Waals surface area contributed by atoms with E-state index in [9.17, 15) is 4.79 Å². The second-order valence-electron chi connectivity index (χ2n) is 4.38. The zero-order valence-corrected chi connectivity index (χ0v) is 13.0. The molecule has 0 aromatic heterocycles. The minimum absolute atomic E-state index is 0.143. The molecular weight excluding hydrogens is 326 g/mol. The van der Waals surface area contributed by atoms with E-state index in [1.54, 1.807) is 18.2 Å². The van der Waals surface area contributed by atoms with Gasteiger partial charge in [-0.25, -0.2) is 0 Å². The fourth-order valence-electron chi connectivity index (χ4n) is 1.66. The summed E-state index contributed by atoms with van der Waals surface area (Å²) < 4.78 is 0.970. The van der Waals surface area contributed by atoms with Crippen LogP contribution in [0.2, 0.25) is 5.02 Å². The van der Waals surface area contributed by atoms with E-state index >= 15 is 0 Å². The van der Waals surface area contributed by atoms with Gasteiger partial charge in [0, 0.05) is 20.7 Å². The quantitative estimate of drug-likeness (QED) is 0.823. The van der Waals surface area contributed by atoms with E-state index in [0.717, 1.165) is 21.3 Å². The molecular formula is C15H13BrClNO. The van der Waals surface area contributed by atoms with Crippen LogP contribution in [0.15, 0.2) is 40.9 Å². The largest absolute Gasteiger partial charge is 0.322 e. The first kappa shape index (κ1) is 14.1. The molecule has 0 atom stereocenters. The highest BCUT2D eigenvalue weighted by molar-refractivity contribution is 9.10. The molecule has 1 N–H and O–H groups in total. The van der Waals surface area contributed by atoms with Crippen molar-refractivity contribution in [1.82, 2.24) is 0 Å². The number of rotatable bonds is 2. The van der Waals surface area contributed by atoms with E-state index in [1.165, 1.54) is 0 Å². The lowest BCUT2D eigenvalue weighted by atomic mass is 10.1. The summed E-state index contributed by atoms with van der Waals surface area (Å²) in [5.74, 6) is -0.143. The lowest BCUT2D eigenvalue weighted by molar-refractivity contribution is 0.102. The Balaban J connectivity index is 2.20. The van der Waals surface area contributed by atoms with Gasteiger partial charge in [-0.3, -0.25) is 4.79 Å². The van der Waals surface area contributed by atoms with Crippen molar-refractivity contribution in [3.63, 3.8) is 0 Å². The van der Waals surface area contributed by atoms with Gasteiger partial charge < -0.3 is 5.32 Å². The number of hydrogen-bond donors (Lipinski definition) is 1. The zero-order valence-electron chi connectivity index (χ0n) is 10.6. The number of benzene rings is 2. The Bertz CT molecular complexity index is 640. The van der Waals surface area contributed by atoms with Gasteiger partial charge in [0.25, 0.3) is 5.91 Å². The molecule has 1 amide bonds. The summed E-state index contributed by atoms with van der Waals surface area (Å²) in [6.45, 7) is 3.87. The lowest BCUT2D eigenvalue weighted by Crippen LogP contribution is -2.12. The molecule has 2 aromatic carbocycles. The van der Waals surface area contributed by atoms with E-state index in [4.69, 9.17) is 11.6 Å². The fourth-order valence-corrected chi connectivity index (χ4v) is 2.16. The van der Waals surface area contributed by atoms with Crippen LogP contribution in [0.5, 0.6) is 0 Å². The molecule has 0 aliphatic rings. The van der Waals surface area contributed by atoms with Gasteiger partial charge >= 0.3 is 0 Å². The van der Waals surface area contributed by atoms with E-state index in [1.807, 2.05) is 32.0 Å². The van der Waals surface area contributed by atoms with Crippen molar-refractivity contribution in [3.8, 4) is 0 Å². The number of aryl methyl sites for hydroxylation is 2. The van der Waals surface area contributed by atoms with Gasteiger partial charge in [-0.1, -0.05) is 33.6 Å². The fraction of sp³-hybridized carbons (Fsp3) is 0.133. The molecule has 0 spiro atoms. The molecule has 0 saturated carbocycles. The SMILES string of the molecule is Cc1cc(C(=O)Nc2ccc(C)c(Br)c2)ccc1Cl. The molecule has 19 heavy (non-hydrogen) atoms. The number of amides is 1. The Morgan fingerprint density at radius 3 is 2.47 bits per heavy atom. The van der Waals surface area contributed by atoms with Crippen molar-refractivity contribution >= 4 is 39.1 Å². The Hall–Kier alpha value is -1.32. The average molecular weight is 339 g/mol. The third kappa shape index (κ3) is 3.37. The van der Waals surface area contributed by atoms with Crippen LogP contribution in [0.1, 0.15) is 21.5 Å². The molecule has 0 fully saturated rings. The number of hydrogen-bond acceptors (Lipinski definition) is 1. The molecule has 4 heteroatoms. The average Bonchev–Trinajstić information content (AvgIpc) is 2.37. The molecule has 0 aliphatic heterocycles. The van der Waals surface area contributed by atoms with Gasteiger partial charge in [-0.15, -0.1) is 0 Å². The van der Waals surface area contributed by atoms with Crippen molar-refractivity contribution in [2.45, 2.75) is 13.8 Å². The minimum atomic E-state index is -0.143. The van der Waals surface area contributed by atoms with Gasteiger partial charge in [0.2, 0.25) is 0 Å². The Morgan fingerprint density at radius 2 is 1.84 bits per heavy atom. The molecule has 98 valence electrons. The molecule has 0 heterocycles. The first-order chi connectivity index (χ1) is 8.97. The predicted molar refractivity (Wildman–Crippen MR) is 83.0 cm³/mol. The Labute approximate surface area is 125 Å². The van der Waals surface area contributed by atoms with Crippen molar-refractivity contribution < 1.29 is 4.79 Å². The summed E-state index contributed by atoms with van der Waals surface area (Å²) in [6, 6.07) is 10.9. The maximum atomic E-state index is 12.1. The molecule has 0 saturated heterocycles. The van der Waals surface area contributed by atoms with E-state index in [2.05, 4.69) is 21.2 Å². The maximum Gasteiger partial charge on any atom is 0.255 e. The van der Waals surface area contributed by atoms with Crippen LogP contribution in [-0.2, 0) is 0 Å². The standard InChI is InChI=1S/C15H13BrClNO/c1-9-3-5-12(8-13(9)16)18-15(19)11-4-6-14(17)10(2)7-11/h3-8H,1-2H3,(H,18,19). The highest BCUT2D eigenvalue weighted by Crippen LogP contribution is 2.22. The maximum absolute atomic E-state index is 12.1. The summed E-state index contributed by atoms with van der Waals surface area (Å²) in [4.78, 5) is 12.1. The van der Waals surface area contributed by atoms with Crippen LogP contribution in [-0.4, -0.2) is 5.91 Å². The smallest absolute Gasteiger partial charge is 0.255 e. The minimum Gasteiger partial charge on any atom is -0.322 e. The monoisotopic (exact) mass is 337 g/mol. The Morgan fingerprint density at radius 1 is 1.11 bits per heavy atom. The number of carbonyl (C=O) groups excluding carboxylic acids is 1. The number of anilines is 1. The number of halogens is 2. The second-order valence-corrected chi connectivity index (χ2v) is 5.64. The molecule has 0 radical (unpaired) electrons. The Kier molecular flexibility index (Phi) is 4.27. The van der Waals surface area contributed by atoms with Crippen LogP contribution < -0.4 is 5.32 Å². The first-order valence-electron chi connectivity index (χ1n) is 5.81. The predicted octanol–water partition coefficient (Wildman–Crippen LogP) is 4.97. The van der Waals surface area contributed by atoms with Gasteiger partial charge in [0.15, 0.2) is 0 Å². The van der Waals surface area contributed by atoms with E-state index in [-0.39, 0.29) is 5.91 Å². The third-order valence-electron chi connectivity index (χ3n) is 2.85. The van der Waals surface area contributed by atoms with Crippen molar-refractivity contribution in [2.75, 3.05) is 5.32 Å². The van der Waals surface area contributed by atoms with Crippen LogP contribution in [0.3, 0.4) is 0 Å². The lowest BCUT2D eigenvalue weighted by Gasteiger charge is -2.08. The molecule has 0 bridgehead atoms. The van der Waals surface area contributed by atoms with Crippen LogP contribution in [0.4, 0.5) is 5.69 Å². The van der Waals surface area contributed by atoms with Gasteiger partial charge in [-0.2, -0.15) is 0 Å². The summed E-state index contributed by atoms with van der Waals surface area (Å²) in [5.41, 5.74) is 3.37. The van der Waals surface area contributed by atoms with Crippen LogP contribution >= 0.6 is 27.5 Å². The van der Waals surface area contributed by atoms with Gasteiger partial charge in [-0.05, 0) is 55.3 Å². The first-order valence-corrected chi connectivity index (χ1v) is 6.98. The van der Waals surface area contributed by atoms with E-state index < -0.39 is 0 Å².